The van der Waals surface area contributed by atoms with Gasteiger partial charge >= 0.3 is 0 Å². The van der Waals surface area contributed by atoms with Crippen LogP contribution in [0.4, 0.5) is 0 Å². The van der Waals surface area contributed by atoms with Crippen molar-refractivity contribution < 1.29 is 9.85 Å². The zero-order valence-electron chi connectivity index (χ0n) is 11.4. The highest BCUT2D eigenvalue weighted by Gasteiger charge is 2.13. The van der Waals surface area contributed by atoms with E-state index in [9.17, 15) is 10.3 Å². The molecule has 96 valence electrons. The van der Waals surface area contributed by atoms with Crippen LogP contribution in [0.1, 0.15) is 60.3 Å². The average molecular weight is 229 g/mol. The minimum atomic E-state index is -0.564. The van der Waals surface area contributed by atoms with Crippen LogP contribution in [0.3, 0.4) is 0 Å². The van der Waals surface area contributed by atoms with Crippen LogP contribution in [0.2, 0.25) is 0 Å². The van der Waals surface area contributed by atoms with Gasteiger partial charge in [0.15, 0.2) is 12.3 Å². The normalized spacial score (nSPS) is 15.6. The Morgan fingerprint density at radius 2 is 1.88 bits per heavy atom. The Balaban J connectivity index is 3.75. The maximum absolute atomic E-state index is 11.3. The number of aliphatic hydroxyl groups is 1. The number of hydrogen-bond donors (Lipinski definition) is 1. The molecule has 0 aliphatic carbocycles. The van der Waals surface area contributed by atoms with Crippen molar-refractivity contribution in [2.45, 2.75) is 71.9 Å². The summed E-state index contributed by atoms with van der Waals surface area (Å²) in [5.74, 6) is 0.512. The first kappa shape index (κ1) is 15.4. The summed E-state index contributed by atoms with van der Waals surface area (Å²) >= 11 is 0. The third kappa shape index (κ3) is 8.72. The molecule has 0 saturated heterocycles. The molecule has 0 aromatic rings. The van der Waals surface area contributed by atoms with Gasteiger partial charge in [0.2, 0.25) is 0 Å². The van der Waals surface area contributed by atoms with Crippen LogP contribution in [0.5, 0.6) is 0 Å². The van der Waals surface area contributed by atoms with E-state index < -0.39 is 5.60 Å². The molecule has 0 fully saturated rings. The van der Waals surface area contributed by atoms with Crippen molar-refractivity contribution in [3.63, 3.8) is 0 Å². The van der Waals surface area contributed by atoms with E-state index in [4.69, 9.17) is 0 Å². The first-order valence-corrected chi connectivity index (χ1v) is 6.23. The molecule has 1 N–H and O–H groups in total. The van der Waals surface area contributed by atoms with E-state index in [1.807, 2.05) is 27.7 Å². The second-order valence-electron chi connectivity index (χ2n) is 5.68. The van der Waals surface area contributed by atoms with Gasteiger partial charge in [0.05, 0.1) is 5.60 Å². The van der Waals surface area contributed by atoms with Gasteiger partial charge in [0, 0.05) is 6.42 Å². The number of hydrogen-bond acceptors (Lipinski definition) is 2. The molecule has 3 heteroatoms. The molecule has 0 bridgehead atoms. The topological polar surface area (TPSA) is 46.3 Å². The molecule has 0 aromatic heterocycles. The zero-order valence-corrected chi connectivity index (χ0v) is 11.4. The molecule has 0 rings (SSSR count). The standard InChI is InChI=1S/C13H27NO2/c1-11(2)14(16)10-8-12(3)7-6-9-13(4,5)15/h10-12,15H,6-9H2,1-5H3/b14-10-. The molecule has 0 spiro atoms. The Hall–Kier alpha value is -0.570. The Morgan fingerprint density at radius 3 is 2.31 bits per heavy atom. The van der Waals surface area contributed by atoms with Gasteiger partial charge < -0.3 is 10.3 Å². The van der Waals surface area contributed by atoms with E-state index in [2.05, 4.69) is 6.92 Å². The minimum Gasteiger partial charge on any atom is -0.624 e. The molecule has 3 nitrogen and oxygen atoms in total. The maximum atomic E-state index is 11.3. The molecule has 0 heterocycles. The van der Waals surface area contributed by atoms with Crippen LogP contribution in [0.25, 0.3) is 0 Å². The Morgan fingerprint density at radius 1 is 1.31 bits per heavy atom. The van der Waals surface area contributed by atoms with E-state index in [1.165, 1.54) is 0 Å². The summed E-state index contributed by atoms with van der Waals surface area (Å²) in [6.07, 6.45) is 5.46. The van der Waals surface area contributed by atoms with Gasteiger partial charge in [-0.05, 0) is 40.0 Å². The summed E-state index contributed by atoms with van der Waals surface area (Å²) in [6.45, 7) is 9.60. The number of rotatable bonds is 7. The molecule has 0 aliphatic heterocycles. The molecule has 0 saturated carbocycles. The average Bonchev–Trinajstić information content (AvgIpc) is 2.11. The molecule has 0 aromatic carbocycles. The first-order valence-electron chi connectivity index (χ1n) is 6.23. The van der Waals surface area contributed by atoms with Crippen molar-refractivity contribution >= 4 is 6.21 Å². The summed E-state index contributed by atoms with van der Waals surface area (Å²) < 4.78 is 1.02. The SMILES string of the molecule is CC(C/C=[N+](\[O-])C(C)C)CCCC(C)(C)O. The summed E-state index contributed by atoms with van der Waals surface area (Å²) in [7, 11) is 0. The first-order chi connectivity index (χ1) is 7.22. The van der Waals surface area contributed by atoms with E-state index in [0.717, 1.165) is 30.4 Å². The fourth-order valence-corrected chi connectivity index (χ4v) is 1.50. The summed E-state index contributed by atoms with van der Waals surface area (Å²) in [5.41, 5.74) is -0.564. The monoisotopic (exact) mass is 229 g/mol. The smallest absolute Gasteiger partial charge is 0.157 e. The zero-order chi connectivity index (χ0) is 12.8. The maximum Gasteiger partial charge on any atom is 0.157 e. The van der Waals surface area contributed by atoms with Gasteiger partial charge in [0.1, 0.15) is 0 Å². The van der Waals surface area contributed by atoms with Gasteiger partial charge in [-0.25, -0.2) is 4.74 Å². The second kappa shape index (κ2) is 6.89. The van der Waals surface area contributed by atoms with Crippen LogP contribution in [0.15, 0.2) is 0 Å². The lowest BCUT2D eigenvalue weighted by molar-refractivity contribution is -0.488. The Labute approximate surface area is 99.8 Å². The molecule has 0 amide bonds. The van der Waals surface area contributed by atoms with Crippen molar-refractivity contribution in [2.75, 3.05) is 0 Å². The predicted molar refractivity (Wildman–Crippen MR) is 68.8 cm³/mol. The fraction of sp³-hybridized carbons (Fsp3) is 0.923. The van der Waals surface area contributed by atoms with Gasteiger partial charge in [-0.2, -0.15) is 0 Å². The number of hydroxylamine groups is 1. The summed E-state index contributed by atoms with van der Waals surface area (Å²) in [6, 6.07) is 0.0311. The van der Waals surface area contributed by atoms with E-state index in [-0.39, 0.29) is 6.04 Å². The molecule has 1 atom stereocenters. The summed E-state index contributed by atoms with van der Waals surface area (Å²) in [4.78, 5) is 0. The van der Waals surface area contributed by atoms with E-state index in [1.54, 1.807) is 6.21 Å². The third-order valence-corrected chi connectivity index (χ3v) is 2.68. The second-order valence-corrected chi connectivity index (χ2v) is 5.68. The van der Waals surface area contributed by atoms with Gasteiger partial charge in [-0.3, -0.25) is 0 Å². The minimum absolute atomic E-state index is 0.0311. The largest absolute Gasteiger partial charge is 0.624 e. The highest BCUT2D eigenvalue weighted by molar-refractivity contribution is 5.51. The summed E-state index contributed by atoms with van der Waals surface area (Å²) in [5, 5.41) is 20.9. The molecule has 16 heavy (non-hydrogen) atoms. The van der Waals surface area contributed by atoms with Crippen LogP contribution in [-0.4, -0.2) is 27.7 Å². The lowest BCUT2D eigenvalue weighted by Gasteiger charge is -2.17. The highest BCUT2D eigenvalue weighted by Crippen LogP contribution is 2.16. The predicted octanol–water partition coefficient (Wildman–Crippen LogP) is 2.94. The third-order valence-electron chi connectivity index (χ3n) is 2.68. The highest BCUT2D eigenvalue weighted by atomic mass is 16.5. The van der Waals surface area contributed by atoms with Gasteiger partial charge in [-0.1, -0.05) is 19.8 Å². The molecule has 0 aliphatic rings. The molecule has 1 unspecified atom stereocenters. The van der Waals surface area contributed by atoms with Crippen LogP contribution < -0.4 is 0 Å². The van der Waals surface area contributed by atoms with Crippen molar-refractivity contribution in [1.82, 2.24) is 0 Å². The lowest BCUT2D eigenvalue weighted by Crippen LogP contribution is -2.18. The number of nitrogens with zero attached hydrogens (tertiary/aromatic N) is 1. The quantitative estimate of drug-likeness (QED) is 0.316. The van der Waals surface area contributed by atoms with Crippen LogP contribution in [0, 0.1) is 11.1 Å². The lowest BCUT2D eigenvalue weighted by atomic mass is 9.95. The molecular weight excluding hydrogens is 202 g/mol. The van der Waals surface area contributed by atoms with Crippen LogP contribution in [-0.2, 0) is 0 Å². The fourth-order valence-electron chi connectivity index (χ4n) is 1.50. The van der Waals surface area contributed by atoms with Crippen molar-refractivity contribution in [1.29, 1.82) is 0 Å². The Bertz CT molecular complexity index is 216. The molecular formula is C13H27NO2. The van der Waals surface area contributed by atoms with E-state index >= 15 is 0 Å². The van der Waals surface area contributed by atoms with Crippen molar-refractivity contribution in [3.8, 4) is 0 Å². The van der Waals surface area contributed by atoms with Crippen LogP contribution >= 0.6 is 0 Å². The van der Waals surface area contributed by atoms with E-state index in [0.29, 0.717) is 5.92 Å². The Kier molecular flexibility index (Phi) is 6.65. The van der Waals surface area contributed by atoms with Crippen molar-refractivity contribution in [3.05, 3.63) is 5.21 Å². The van der Waals surface area contributed by atoms with Gasteiger partial charge in [-0.15, -0.1) is 0 Å². The van der Waals surface area contributed by atoms with Gasteiger partial charge in [0.25, 0.3) is 0 Å². The van der Waals surface area contributed by atoms with Crippen molar-refractivity contribution in [2.24, 2.45) is 5.92 Å². The molecule has 0 radical (unpaired) electrons.